The van der Waals surface area contributed by atoms with Crippen molar-refractivity contribution >= 4 is 73.8 Å². The molecule has 0 bridgehead atoms. The Morgan fingerprint density at radius 1 is 1.00 bits per heavy atom. The van der Waals surface area contributed by atoms with Gasteiger partial charge in [-0.25, -0.2) is 4.79 Å². The van der Waals surface area contributed by atoms with Crippen LogP contribution in [-0.4, -0.2) is 35.3 Å². The second kappa shape index (κ2) is 11.4. The minimum atomic E-state index is -1.17. The van der Waals surface area contributed by atoms with E-state index in [1.54, 1.807) is 38.1 Å². The van der Waals surface area contributed by atoms with Gasteiger partial charge in [0.15, 0.2) is 12.2 Å². The molecule has 2 unspecified atom stereocenters. The molecule has 0 spiro atoms. The van der Waals surface area contributed by atoms with E-state index in [-0.39, 0.29) is 10.8 Å². The van der Waals surface area contributed by atoms with Crippen LogP contribution in [0, 0.1) is 0 Å². The molecule has 0 aliphatic carbocycles. The number of hydrogen-bond acceptors (Lipinski definition) is 7. The molecule has 1 aliphatic rings. The molecule has 5 aromatic rings. The largest absolute Gasteiger partial charge is 0.496 e. The molecule has 0 N–H and O–H groups in total. The standard InChI is InChI=1S/C35H29Cl2NO7/c1-18(39)43-33-30-27(45-35(2,3)34(33)44-28(40)13-11-19-10-12-22(36)16-24(19)37)17-26(42-5)29-31(30)38(4)25-15-21-9-7-6-8-20(21)14-23(25)32(29)41/h6-17,33-34H,1-5H3/b13-11+. The lowest BCUT2D eigenvalue weighted by molar-refractivity contribution is -0.185. The zero-order valence-corrected chi connectivity index (χ0v) is 26.7. The molecule has 0 saturated carbocycles. The van der Waals surface area contributed by atoms with E-state index in [2.05, 4.69) is 0 Å². The third-order valence-electron chi connectivity index (χ3n) is 8.03. The van der Waals surface area contributed by atoms with Gasteiger partial charge in [-0.3, -0.25) is 9.59 Å². The van der Waals surface area contributed by atoms with Crippen molar-refractivity contribution in [3.05, 3.63) is 98.1 Å². The van der Waals surface area contributed by atoms with Crippen LogP contribution in [0.3, 0.4) is 0 Å². The minimum absolute atomic E-state index is 0.258. The van der Waals surface area contributed by atoms with Crippen molar-refractivity contribution in [1.29, 1.82) is 0 Å². The van der Waals surface area contributed by atoms with Gasteiger partial charge < -0.3 is 23.5 Å². The number of carbonyl (C=O) groups excluding carboxylic acids is 2. The van der Waals surface area contributed by atoms with Gasteiger partial charge in [-0.15, -0.1) is 0 Å². The van der Waals surface area contributed by atoms with Crippen LogP contribution in [0.1, 0.15) is 38.0 Å². The lowest BCUT2D eigenvalue weighted by Gasteiger charge is -2.43. The van der Waals surface area contributed by atoms with Gasteiger partial charge in [0.05, 0.1) is 29.1 Å². The fraction of sp³-hybridized carbons (Fsp3) is 0.229. The Labute approximate surface area is 268 Å². The Morgan fingerprint density at radius 2 is 1.71 bits per heavy atom. The fourth-order valence-electron chi connectivity index (χ4n) is 5.99. The molecular formula is C35H29Cl2NO7. The summed E-state index contributed by atoms with van der Waals surface area (Å²) in [7, 11) is 3.30. The highest BCUT2D eigenvalue weighted by atomic mass is 35.5. The number of carbonyl (C=O) groups is 2. The maximum Gasteiger partial charge on any atom is 0.331 e. The van der Waals surface area contributed by atoms with Crippen molar-refractivity contribution in [2.45, 2.75) is 38.6 Å². The summed E-state index contributed by atoms with van der Waals surface area (Å²) in [6.45, 7) is 4.73. The molecule has 230 valence electrons. The van der Waals surface area contributed by atoms with Crippen LogP contribution in [0.15, 0.2) is 71.5 Å². The highest BCUT2D eigenvalue weighted by Gasteiger charge is 2.50. The summed E-state index contributed by atoms with van der Waals surface area (Å²) < 4.78 is 25.9. The molecule has 6 rings (SSSR count). The summed E-state index contributed by atoms with van der Waals surface area (Å²) in [5.41, 5.74) is 0.613. The predicted molar refractivity (Wildman–Crippen MR) is 175 cm³/mol. The second-order valence-electron chi connectivity index (χ2n) is 11.4. The zero-order valence-electron chi connectivity index (χ0n) is 25.1. The number of pyridine rings is 1. The molecule has 0 amide bonds. The van der Waals surface area contributed by atoms with Gasteiger partial charge in [0.25, 0.3) is 0 Å². The average molecular weight is 647 g/mol. The van der Waals surface area contributed by atoms with Crippen molar-refractivity contribution in [3.8, 4) is 11.5 Å². The van der Waals surface area contributed by atoms with E-state index in [4.69, 9.17) is 42.1 Å². The third kappa shape index (κ3) is 5.38. The molecule has 1 aromatic heterocycles. The number of rotatable bonds is 5. The van der Waals surface area contributed by atoms with Crippen LogP contribution in [0.5, 0.6) is 11.5 Å². The van der Waals surface area contributed by atoms with Crippen molar-refractivity contribution in [3.63, 3.8) is 0 Å². The Morgan fingerprint density at radius 3 is 2.38 bits per heavy atom. The van der Waals surface area contributed by atoms with Crippen molar-refractivity contribution < 1.29 is 28.5 Å². The van der Waals surface area contributed by atoms with Gasteiger partial charge in [-0.05, 0) is 60.5 Å². The number of halogens is 2. The van der Waals surface area contributed by atoms with Gasteiger partial charge in [-0.1, -0.05) is 53.5 Å². The lowest BCUT2D eigenvalue weighted by Crippen LogP contribution is -2.52. The van der Waals surface area contributed by atoms with Gasteiger partial charge in [-0.2, -0.15) is 0 Å². The maximum atomic E-state index is 14.2. The number of benzene rings is 4. The Bertz CT molecular complexity index is 2130. The number of hydrogen-bond donors (Lipinski definition) is 0. The lowest BCUT2D eigenvalue weighted by atomic mass is 9.86. The molecule has 45 heavy (non-hydrogen) atoms. The summed E-state index contributed by atoms with van der Waals surface area (Å²) in [5, 5.41) is 3.47. The smallest absolute Gasteiger partial charge is 0.331 e. The van der Waals surface area contributed by atoms with Gasteiger partial charge >= 0.3 is 11.9 Å². The molecule has 2 heterocycles. The van der Waals surface area contributed by atoms with Crippen molar-refractivity contribution in [2.75, 3.05) is 7.11 Å². The first-order valence-electron chi connectivity index (χ1n) is 14.2. The Kier molecular flexibility index (Phi) is 7.75. The van der Waals surface area contributed by atoms with Crippen LogP contribution in [0.25, 0.3) is 38.7 Å². The summed E-state index contributed by atoms with van der Waals surface area (Å²) >= 11 is 12.3. The normalized spacial score (nSPS) is 17.3. The number of ether oxygens (including phenoxy) is 4. The first kappa shape index (κ1) is 30.5. The van der Waals surface area contributed by atoms with Gasteiger partial charge in [0.2, 0.25) is 5.43 Å². The van der Waals surface area contributed by atoms with E-state index < -0.39 is 29.7 Å². The molecular weight excluding hydrogens is 617 g/mol. The highest BCUT2D eigenvalue weighted by molar-refractivity contribution is 6.35. The first-order valence-corrected chi connectivity index (χ1v) is 14.9. The molecule has 4 aromatic carbocycles. The Hall–Kier alpha value is -4.53. The van der Waals surface area contributed by atoms with Crippen LogP contribution >= 0.6 is 23.2 Å². The summed E-state index contributed by atoms with van der Waals surface area (Å²) in [4.78, 5) is 40.0. The minimum Gasteiger partial charge on any atom is -0.496 e. The zero-order chi connectivity index (χ0) is 32.2. The summed E-state index contributed by atoms with van der Waals surface area (Å²) in [5.74, 6) is -0.683. The van der Waals surface area contributed by atoms with Crippen LogP contribution in [0.4, 0.5) is 0 Å². The number of methoxy groups -OCH3 is 1. The molecule has 10 heteroatoms. The number of fused-ring (bicyclic) bond motifs is 5. The average Bonchev–Trinajstić information content (AvgIpc) is 2.99. The first-order chi connectivity index (χ1) is 21.4. The van der Waals surface area contributed by atoms with E-state index in [9.17, 15) is 14.4 Å². The second-order valence-corrected chi connectivity index (χ2v) is 12.3. The molecule has 0 fully saturated rings. The fourth-order valence-corrected chi connectivity index (χ4v) is 6.46. The van der Waals surface area contributed by atoms with Gasteiger partial charge in [0, 0.05) is 41.5 Å². The predicted octanol–water partition coefficient (Wildman–Crippen LogP) is 7.56. The van der Waals surface area contributed by atoms with Crippen LogP contribution < -0.4 is 14.9 Å². The molecule has 0 radical (unpaired) electrons. The van der Waals surface area contributed by atoms with Crippen molar-refractivity contribution in [1.82, 2.24) is 4.57 Å². The highest BCUT2D eigenvalue weighted by Crippen LogP contribution is 2.49. The molecule has 1 aliphatic heterocycles. The van der Waals surface area contributed by atoms with Crippen molar-refractivity contribution in [2.24, 2.45) is 7.05 Å². The quantitative estimate of drug-likeness (QED) is 0.111. The molecule has 8 nitrogen and oxygen atoms in total. The topological polar surface area (TPSA) is 93.1 Å². The summed E-state index contributed by atoms with van der Waals surface area (Å²) in [6, 6.07) is 18.1. The van der Waals surface area contributed by atoms with E-state index in [1.165, 1.54) is 26.2 Å². The number of esters is 2. The van der Waals surface area contributed by atoms with E-state index in [1.807, 2.05) is 48.0 Å². The SMILES string of the molecule is COc1cc2c(c3c1c(=O)c1cc4ccccc4cc1n3C)C(OC(C)=O)C(OC(=O)/C=C/c1ccc(Cl)cc1Cl)C(C)(C)O2. The number of nitrogens with zero attached hydrogens (tertiary/aromatic N) is 1. The van der Waals surface area contributed by atoms with Crippen LogP contribution in [-0.2, 0) is 26.1 Å². The summed E-state index contributed by atoms with van der Waals surface area (Å²) in [6.07, 6.45) is 0.499. The monoisotopic (exact) mass is 645 g/mol. The number of aryl methyl sites for hydroxylation is 1. The third-order valence-corrected chi connectivity index (χ3v) is 8.60. The van der Waals surface area contributed by atoms with E-state index in [0.29, 0.717) is 49.1 Å². The molecule has 2 atom stereocenters. The van der Waals surface area contributed by atoms with Gasteiger partial charge in [0.1, 0.15) is 17.1 Å². The van der Waals surface area contributed by atoms with E-state index >= 15 is 0 Å². The molecule has 0 saturated heterocycles. The van der Waals surface area contributed by atoms with E-state index in [0.717, 1.165) is 10.8 Å². The van der Waals surface area contributed by atoms with Crippen LogP contribution in [0.2, 0.25) is 10.0 Å². The maximum absolute atomic E-state index is 14.2. The number of aromatic nitrogens is 1. The Balaban J connectivity index is 1.56.